The van der Waals surface area contributed by atoms with Crippen molar-refractivity contribution in [1.82, 2.24) is 14.9 Å². The number of ether oxygens (including phenoxy) is 1. The van der Waals surface area contributed by atoms with Gasteiger partial charge in [-0.05, 0) is 45.5 Å². The van der Waals surface area contributed by atoms with Crippen molar-refractivity contribution in [3.05, 3.63) is 48.0 Å². The zero-order chi connectivity index (χ0) is 15.2. The number of nitrogens with zero attached hydrogens (tertiary/aromatic N) is 2. The highest BCUT2D eigenvalue weighted by atomic mass is 16.5. The zero-order valence-corrected chi connectivity index (χ0v) is 13.3. The van der Waals surface area contributed by atoms with Gasteiger partial charge in [0.25, 0.3) is 0 Å². The molecular weight excluding hydrogens is 262 g/mol. The van der Waals surface area contributed by atoms with Crippen LogP contribution in [0, 0.1) is 0 Å². The maximum atomic E-state index is 5.78. The monoisotopic (exact) mass is 287 g/mol. The molecule has 0 saturated heterocycles. The molecule has 114 valence electrons. The van der Waals surface area contributed by atoms with Gasteiger partial charge in [-0.25, -0.2) is 4.98 Å². The Hall–Kier alpha value is -1.81. The minimum absolute atomic E-state index is 0.187. The van der Waals surface area contributed by atoms with E-state index in [1.807, 2.05) is 45.4 Å². The molecule has 0 radical (unpaired) electrons. The van der Waals surface area contributed by atoms with Gasteiger partial charge in [0.1, 0.15) is 11.6 Å². The lowest BCUT2D eigenvalue weighted by molar-refractivity contribution is 0.242. The molecule has 0 amide bonds. The predicted octanol–water partition coefficient (Wildman–Crippen LogP) is 3.19. The third kappa shape index (κ3) is 4.08. The average molecular weight is 287 g/mol. The Morgan fingerprint density at radius 1 is 1.33 bits per heavy atom. The van der Waals surface area contributed by atoms with Crippen molar-refractivity contribution in [2.75, 3.05) is 7.05 Å². The van der Waals surface area contributed by atoms with Crippen molar-refractivity contribution in [3.8, 4) is 5.75 Å². The van der Waals surface area contributed by atoms with E-state index in [0.717, 1.165) is 24.5 Å². The third-order valence-corrected chi connectivity index (χ3v) is 3.51. The van der Waals surface area contributed by atoms with E-state index in [1.165, 1.54) is 5.56 Å². The number of hydrogen-bond donors (Lipinski definition) is 1. The zero-order valence-electron chi connectivity index (χ0n) is 13.3. The predicted molar refractivity (Wildman–Crippen MR) is 85.6 cm³/mol. The van der Waals surface area contributed by atoms with Crippen molar-refractivity contribution in [2.24, 2.45) is 0 Å². The van der Waals surface area contributed by atoms with Crippen molar-refractivity contribution in [2.45, 2.75) is 45.9 Å². The van der Waals surface area contributed by atoms with Gasteiger partial charge in [0.05, 0.1) is 6.10 Å². The van der Waals surface area contributed by atoms with E-state index >= 15 is 0 Å². The fourth-order valence-electron chi connectivity index (χ4n) is 2.46. The summed E-state index contributed by atoms with van der Waals surface area (Å²) in [7, 11) is 1.99. The molecule has 0 aliphatic carbocycles. The number of aryl methyl sites for hydroxylation is 1. The van der Waals surface area contributed by atoms with Gasteiger partial charge in [0, 0.05) is 31.4 Å². The van der Waals surface area contributed by atoms with Crippen LogP contribution in [0.2, 0.25) is 0 Å². The Labute approximate surface area is 127 Å². The molecule has 4 heteroatoms. The van der Waals surface area contributed by atoms with Crippen LogP contribution in [0.5, 0.6) is 5.75 Å². The van der Waals surface area contributed by atoms with E-state index in [1.54, 1.807) is 0 Å². The second-order valence-electron chi connectivity index (χ2n) is 5.41. The number of aromatic nitrogens is 2. The van der Waals surface area contributed by atoms with Gasteiger partial charge < -0.3 is 14.6 Å². The summed E-state index contributed by atoms with van der Waals surface area (Å²) in [6.07, 6.45) is 4.94. The summed E-state index contributed by atoms with van der Waals surface area (Å²) in [6.45, 7) is 7.17. The van der Waals surface area contributed by atoms with E-state index in [-0.39, 0.29) is 12.1 Å². The first-order chi connectivity index (χ1) is 10.1. The van der Waals surface area contributed by atoms with E-state index in [2.05, 4.69) is 33.9 Å². The van der Waals surface area contributed by atoms with E-state index in [4.69, 9.17) is 4.74 Å². The number of nitrogens with one attached hydrogen (secondary N) is 1. The van der Waals surface area contributed by atoms with Crippen LogP contribution < -0.4 is 10.1 Å². The van der Waals surface area contributed by atoms with Gasteiger partial charge >= 0.3 is 0 Å². The molecule has 21 heavy (non-hydrogen) atoms. The maximum absolute atomic E-state index is 5.78. The van der Waals surface area contributed by atoms with Crippen LogP contribution in [-0.2, 0) is 13.0 Å². The number of imidazole rings is 1. The first-order valence-corrected chi connectivity index (χ1v) is 7.58. The van der Waals surface area contributed by atoms with Crippen LogP contribution in [0.3, 0.4) is 0 Å². The molecule has 1 aromatic carbocycles. The highest BCUT2D eigenvalue weighted by Crippen LogP contribution is 2.22. The fourth-order valence-corrected chi connectivity index (χ4v) is 2.46. The third-order valence-electron chi connectivity index (χ3n) is 3.51. The smallest absolute Gasteiger partial charge is 0.120 e. The molecule has 0 fully saturated rings. The van der Waals surface area contributed by atoms with Crippen LogP contribution in [0.25, 0.3) is 0 Å². The molecule has 0 aliphatic rings. The largest absolute Gasteiger partial charge is 0.491 e. The highest BCUT2D eigenvalue weighted by Gasteiger charge is 2.14. The molecule has 0 aliphatic heterocycles. The molecule has 0 saturated carbocycles. The van der Waals surface area contributed by atoms with Crippen molar-refractivity contribution < 1.29 is 4.74 Å². The lowest BCUT2D eigenvalue weighted by Crippen LogP contribution is -2.21. The Bertz CT molecular complexity index is 563. The molecule has 1 aromatic heterocycles. The molecule has 1 N–H and O–H groups in total. The molecule has 1 unspecified atom stereocenters. The van der Waals surface area contributed by atoms with Gasteiger partial charge in [-0.2, -0.15) is 0 Å². The summed E-state index contributed by atoms with van der Waals surface area (Å²) in [5.74, 6) is 2.02. The molecule has 0 spiro atoms. The first-order valence-electron chi connectivity index (χ1n) is 7.58. The van der Waals surface area contributed by atoms with Crippen molar-refractivity contribution in [3.63, 3.8) is 0 Å². The molecular formula is C17H25N3O. The first kappa shape index (κ1) is 15.6. The molecule has 1 atom stereocenters. The summed E-state index contributed by atoms with van der Waals surface area (Å²) in [6, 6.07) is 8.52. The number of likely N-dealkylation sites (N-methyl/N-ethyl adjacent to an activating group) is 1. The van der Waals surface area contributed by atoms with Gasteiger partial charge in [-0.3, -0.25) is 0 Å². The van der Waals surface area contributed by atoms with Gasteiger partial charge in [0.15, 0.2) is 0 Å². The minimum Gasteiger partial charge on any atom is -0.491 e. The van der Waals surface area contributed by atoms with E-state index in [0.29, 0.717) is 0 Å². The Kier molecular flexibility index (Phi) is 5.39. The average Bonchev–Trinajstić information content (AvgIpc) is 2.91. The summed E-state index contributed by atoms with van der Waals surface area (Å²) in [5.41, 5.74) is 1.22. The molecule has 2 aromatic rings. The summed E-state index contributed by atoms with van der Waals surface area (Å²) in [4.78, 5) is 4.46. The maximum Gasteiger partial charge on any atom is 0.120 e. The SMILES string of the molecule is CCn1ccnc1CC(NC)c1cccc(OC(C)C)c1. The number of rotatable bonds is 7. The van der Waals surface area contributed by atoms with Crippen LogP contribution in [0.15, 0.2) is 36.7 Å². The number of hydrogen-bond acceptors (Lipinski definition) is 3. The van der Waals surface area contributed by atoms with Crippen molar-refractivity contribution in [1.29, 1.82) is 0 Å². The molecule has 0 bridgehead atoms. The second-order valence-corrected chi connectivity index (χ2v) is 5.41. The Morgan fingerprint density at radius 3 is 2.81 bits per heavy atom. The lowest BCUT2D eigenvalue weighted by atomic mass is 10.0. The van der Waals surface area contributed by atoms with E-state index < -0.39 is 0 Å². The molecule has 2 rings (SSSR count). The summed E-state index contributed by atoms with van der Waals surface area (Å²) >= 11 is 0. The van der Waals surface area contributed by atoms with Crippen LogP contribution in [-0.4, -0.2) is 22.7 Å². The molecule has 1 heterocycles. The van der Waals surface area contributed by atoms with Gasteiger partial charge in [0.2, 0.25) is 0 Å². The molecule has 4 nitrogen and oxygen atoms in total. The Morgan fingerprint density at radius 2 is 2.14 bits per heavy atom. The summed E-state index contributed by atoms with van der Waals surface area (Å²) < 4.78 is 7.96. The van der Waals surface area contributed by atoms with E-state index in [9.17, 15) is 0 Å². The van der Waals surface area contributed by atoms with Gasteiger partial charge in [-0.15, -0.1) is 0 Å². The highest BCUT2D eigenvalue weighted by molar-refractivity contribution is 5.31. The lowest BCUT2D eigenvalue weighted by Gasteiger charge is -2.18. The summed E-state index contributed by atoms with van der Waals surface area (Å²) in [5, 5.41) is 3.38. The van der Waals surface area contributed by atoms with Crippen molar-refractivity contribution >= 4 is 0 Å². The van der Waals surface area contributed by atoms with Crippen LogP contribution >= 0.6 is 0 Å². The number of benzene rings is 1. The topological polar surface area (TPSA) is 39.1 Å². The minimum atomic E-state index is 0.187. The van der Waals surface area contributed by atoms with Crippen LogP contribution in [0.1, 0.15) is 38.2 Å². The normalized spacial score (nSPS) is 12.6. The second kappa shape index (κ2) is 7.27. The quantitative estimate of drug-likeness (QED) is 0.850. The fraction of sp³-hybridized carbons (Fsp3) is 0.471. The van der Waals surface area contributed by atoms with Gasteiger partial charge in [-0.1, -0.05) is 12.1 Å². The Balaban J connectivity index is 2.17. The van der Waals surface area contributed by atoms with Crippen LogP contribution in [0.4, 0.5) is 0 Å². The standard InChI is InChI=1S/C17H25N3O/c1-5-20-10-9-19-17(20)12-16(18-4)14-7-6-8-15(11-14)21-13(2)3/h6-11,13,16,18H,5,12H2,1-4H3.